The summed E-state index contributed by atoms with van der Waals surface area (Å²) in [5.74, 6) is 1.08. The minimum atomic E-state index is -0.632. The fourth-order valence-electron chi connectivity index (χ4n) is 2.97. The quantitative estimate of drug-likeness (QED) is 0.405. The van der Waals surface area contributed by atoms with Crippen molar-refractivity contribution in [1.82, 2.24) is 10.2 Å². The van der Waals surface area contributed by atoms with E-state index in [-0.39, 0.29) is 29.3 Å². The lowest BCUT2D eigenvalue weighted by atomic mass is 10.1. The first-order valence-corrected chi connectivity index (χ1v) is 11.4. The third-order valence-corrected chi connectivity index (χ3v) is 5.74. The third kappa shape index (κ3) is 7.56. The summed E-state index contributed by atoms with van der Waals surface area (Å²) in [5.41, 5.74) is 1.81. The van der Waals surface area contributed by atoms with Gasteiger partial charge in [-0.25, -0.2) is 0 Å². The van der Waals surface area contributed by atoms with Gasteiger partial charge in [-0.3, -0.25) is 19.7 Å². The molecule has 0 aromatic heterocycles. The predicted molar refractivity (Wildman–Crippen MR) is 126 cm³/mol. The lowest BCUT2D eigenvalue weighted by molar-refractivity contribution is -0.384. The topological polar surface area (TPSA) is 102 Å². The number of benzene rings is 2. The molecule has 9 heteroatoms. The van der Waals surface area contributed by atoms with Crippen LogP contribution in [-0.2, 0) is 21.9 Å². The van der Waals surface area contributed by atoms with Crippen LogP contribution in [0.2, 0.25) is 0 Å². The van der Waals surface area contributed by atoms with E-state index < -0.39 is 11.0 Å². The SMILES string of the molecule is COc1ccc(CN(C(=O)CSCc2ccc([N+](=O)[O-])cc2)[C@H](C)C(=O)NC(C)C)cc1. The van der Waals surface area contributed by atoms with Crippen LogP contribution in [0.5, 0.6) is 5.75 Å². The molecule has 0 aliphatic carbocycles. The predicted octanol–water partition coefficient (Wildman–Crippen LogP) is 3.78. The van der Waals surface area contributed by atoms with Gasteiger partial charge in [0.15, 0.2) is 0 Å². The smallest absolute Gasteiger partial charge is 0.269 e. The molecule has 172 valence electrons. The minimum absolute atomic E-state index is 0.0283. The number of carbonyl (C=O) groups excluding carboxylic acids is 2. The number of amides is 2. The molecule has 0 aliphatic rings. The Hall–Kier alpha value is -3.07. The van der Waals surface area contributed by atoms with Crippen LogP contribution in [0.3, 0.4) is 0 Å². The van der Waals surface area contributed by atoms with E-state index in [1.807, 2.05) is 38.1 Å². The van der Waals surface area contributed by atoms with Crippen molar-refractivity contribution in [3.8, 4) is 5.75 Å². The van der Waals surface area contributed by atoms with Gasteiger partial charge in [0.1, 0.15) is 11.8 Å². The summed E-state index contributed by atoms with van der Waals surface area (Å²) in [6.45, 7) is 5.77. The molecule has 1 N–H and O–H groups in total. The number of carbonyl (C=O) groups is 2. The standard InChI is InChI=1S/C23H29N3O5S/c1-16(2)24-23(28)17(3)25(13-18-7-11-21(31-4)12-8-18)22(27)15-32-14-19-5-9-20(10-6-19)26(29)30/h5-12,16-17H,13-15H2,1-4H3,(H,24,28)/t17-/m1/s1. The Balaban J connectivity index is 2.05. The van der Waals surface area contributed by atoms with Crippen molar-refractivity contribution in [1.29, 1.82) is 0 Å². The van der Waals surface area contributed by atoms with E-state index in [1.54, 1.807) is 31.1 Å². The van der Waals surface area contributed by atoms with Crippen molar-refractivity contribution in [3.63, 3.8) is 0 Å². The number of ether oxygens (including phenoxy) is 1. The van der Waals surface area contributed by atoms with Crippen LogP contribution in [0.25, 0.3) is 0 Å². The first kappa shape index (κ1) is 25.2. The Bertz CT molecular complexity index is 916. The number of nitro groups is 1. The van der Waals surface area contributed by atoms with Crippen LogP contribution in [0.4, 0.5) is 5.69 Å². The lowest BCUT2D eigenvalue weighted by Gasteiger charge is -2.29. The van der Waals surface area contributed by atoms with Gasteiger partial charge < -0.3 is 15.0 Å². The summed E-state index contributed by atoms with van der Waals surface area (Å²) >= 11 is 1.40. The molecule has 2 aromatic carbocycles. The van der Waals surface area contributed by atoms with E-state index >= 15 is 0 Å². The molecule has 0 unspecified atom stereocenters. The van der Waals surface area contributed by atoms with E-state index in [0.29, 0.717) is 12.3 Å². The van der Waals surface area contributed by atoms with Crippen LogP contribution in [-0.4, -0.2) is 46.6 Å². The average Bonchev–Trinajstić information content (AvgIpc) is 2.77. The highest BCUT2D eigenvalue weighted by molar-refractivity contribution is 7.99. The molecule has 1 atom stereocenters. The van der Waals surface area contributed by atoms with Crippen molar-refractivity contribution in [2.45, 2.75) is 45.2 Å². The Morgan fingerprint density at radius 1 is 1.06 bits per heavy atom. The number of rotatable bonds is 11. The third-order valence-electron chi connectivity index (χ3n) is 4.75. The number of nitrogens with zero attached hydrogens (tertiary/aromatic N) is 2. The number of non-ortho nitro benzene ring substituents is 1. The fourth-order valence-corrected chi connectivity index (χ4v) is 3.84. The van der Waals surface area contributed by atoms with Gasteiger partial charge in [-0.1, -0.05) is 24.3 Å². The van der Waals surface area contributed by atoms with Crippen LogP contribution in [0, 0.1) is 10.1 Å². The second-order valence-corrected chi connectivity index (χ2v) is 8.61. The first-order chi connectivity index (χ1) is 15.2. The summed E-state index contributed by atoms with van der Waals surface area (Å²) in [7, 11) is 1.59. The number of hydrogen-bond acceptors (Lipinski definition) is 6. The maximum atomic E-state index is 13.0. The first-order valence-electron chi connectivity index (χ1n) is 10.2. The molecule has 0 saturated carbocycles. The van der Waals surface area contributed by atoms with Gasteiger partial charge in [0.2, 0.25) is 11.8 Å². The number of nitrogens with one attached hydrogen (secondary N) is 1. The second kappa shape index (κ2) is 12.1. The monoisotopic (exact) mass is 459 g/mol. The van der Waals surface area contributed by atoms with Gasteiger partial charge in [0, 0.05) is 30.5 Å². The van der Waals surface area contributed by atoms with Crippen molar-refractivity contribution < 1.29 is 19.2 Å². The van der Waals surface area contributed by atoms with Gasteiger partial charge in [0.05, 0.1) is 17.8 Å². The van der Waals surface area contributed by atoms with E-state index in [1.165, 1.54) is 23.9 Å². The normalized spacial score (nSPS) is 11.7. The van der Waals surface area contributed by atoms with Crippen molar-refractivity contribution in [2.24, 2.45) is 0 Å². The minimum Gasteiger partial charge on any atom is -0.497 e. The zero-order valence-corrected chi connectivity index (χ0v) is 19.6. The zero-order valence-electron chi connectivity index (χ0n) is 18.7. The molecule has 0 bridgehead atoms. The van der Waals surface area contributed by atoms with E-state index in [9.17, 15) is 19.7 Å². The summed E-state index contributed by atoms with van der Waals surface area (Å²) < 4.78 is 5.18. The van der Waals surface area contributed by atoms with Gasteiger partial charge in [-0.15, -0.1) is 11.8 Å². The summed E-state index contributed by atoms with van der Waals surface area (Å²) in [6.07, 6.45) is 0. The molecule has 0 radical (unpaired) electrons. The molecule has 0 aliphatic heterocycles. The van der Waals surface area contributed by atoms with Crippen molar-refractivity contribution in [2.75, 3.05) is 12.9 Å². The molecule has 32 heavy (non-hydrogen) atoms. The molecule has 0 fully saturated rings. The van der Waals surface area contributed by atoms with Crippen molar-refractivity contribution >= 4 is 29.3 Å². The highest BCUT2D eigenvalue weighted by atomic mass is 32.2. The van der Waals surface area contributed by atoms with Gasteiger partial charge in [0.25, 0.3) is 5.69 Å². The van der Waals surface area contributed by atoms with Gasteiger partial charge in [-0.2, -0.15) is 0 Å². The lowest BCUT2D eigenvalue weighted by Crippen LogP contribution is -2.49. The van der Waals surface area contributed by atoms with E-state index in [2.05, 4.69) is 5.32 Å². The highest BCUT2D eigenvalue weighted by Gasteiger charge is 2.26. The number of methoxy groups -OCH3 is 1. The Labute approximate surface area is 192 Å². The van der Waals surface area contributed by atoms with E-state index in [4.69, 9.17) is 4.74 Å². The molecule has 2 aromatic rings. The molecule has 0 saturated heterocycles. The molecule has 2 amide bonds. The van der Waals surface area contributed by atoms with E-state index in [0.717, 1.165) is 16.9 Å². The molecule has 2 rings (SSSR count). The van der Waals surface area contributed by atoms with Crippen LogP contribution < -0.4 is 10.1 Å². The highest BCUT2D eigenvalue weighted by Crippen LogP contribution is 2.19. The molecule has 0 spiro atoms. The van der Waals surface area contributed by atoms with Crippen LogP contribution in [0.15, 0.2) is 48.5 Å². The average molecular weight is 460 g/mol. The number of thioether (sulfide) groups is 1. The second-order valence-electron chi connectivity index (χ2n) is 7.63. The molecular weight excluding hydrogens is 430 g/mol. The van der Waals surface area contributed by atoms with Gasteiger partial charge >= 0.3 is 0 Å². The summed E-state index contributed by atoms with van der Waals surface area (Å²) in [4.78, 5) is 37.5. The number of hydrogen-bond donors (Lipinski definition) is 1. The number of nitro benzene ring substituents is 1. The molecular formula is C23H29N3O5S. The maximum Gasteiger partial charge on any atom is 0.269 e. The van der Waals surface area contributed by atoms with Crippen LogP contribution >= 0.6 is 11.8 Å². The summed E-state index contributed by atoms with van der Waals surface area (Å²) in [6, 6.07) is 13.0. The Kier molecular flexibility index (Phi) is 9.52. The van der Waals surface area contributed by atoms with Crippen molar-refractivity contribution in [3.05, 3.63) is 69.8 Å². The van der Waals surface area contributed by atoms with Gasteiger partial charge in [-0.05, 0) is 44.0 Å². The summed E-state index contributed by atoms with van der Waals surface area (Å²) in [5, 5.41) is 13.6. The molecule has 0 heterocycles. The Morgan fingerprint density at radius 2 is 1.66 bits per heavy atom. The zero-order chi connectivity index (χ0) is 23.7. The molecule has 8 nitrogen and oxygen atoms in total. The van der Waals surface area contributed by atoms with Crippen LogP contribution in [0.1, 0.15) is 31.9 Å². The largest absolute Gasteiger partial charge is 0.497 e. The fraction of sp³-hybridized carbons (Fsp3) is 0.391. The maximum absolute atomic E-state index is 13.0. The Morgan fingerprint density at radius 3 is 2.19 bits per heavy atom.